The molecule has 1 aliphatic rings. The molecule has 1 fully saturated rings. The first kappa shape index (κ1) is 15.4. The molecule has 2 atom stereocenters. The standard InChI is InChI=1S/C11H22N2O4S/c1-8(2)6-12-18(16,17)13-7-9-4-3-5-10(9)11(14)15/h8-10,12-13H,3-7H2,1-2H3,(H,14,15). The van der Waals surface area contributed by atoms with E-state index >= 15 is 0 Å². The quantitative estimate of drug-likeness (QED) is 0.634. The van der Waals surface area contributed by atoms with Gasteiger partial charge in [0.25, 0.3) is 10.2 Å². The van der Waals surface area contributed by atoms with E-state index in [4.69, 9.17) is 5.11 Å². The monoisotopic (exact) mass is 278 g/mol. The van der Waals surface area contributed by atoms with Gasteiger partial charge < -0.3 is 5.11 Å². The van der Waals surface area contributed by atoms with Crippen LogP contribution in [0.1, 0.15) is 33.1 Å². The zero-order valence-electron chi connectivity index (χ0n) is 10.8. The molecule has 1 aliphatic carbocycles. The lowest BCUT2D eigenvalue weighted by Crippen LogP contribution is -2.41. The molecule has 0 aliphatic heterocycles. The highest BCUT2D eigenvalue weighted by atomic mass is 32.2. The van der Waals surface area contributed by atoms with Gasteiger partial charge >= 0.3 is 5.97 Å². The lowest BCUT2D eigenvalue weighted by atomic mass is 9.97. The first-order chi connectivity index (χ1) is 8.32. The van der Waals surface area contributed by atoms with E-state index in [1.165, 1.54) is 0 Å². The topological polar surface area (TPSA) is 95.5 Å². The second kappa shape index (κ2) is 6.49. The summed E-state index contributed by atoms with van der Waals surface area (Å²) < 4.78 is 28.1. The van der Waals surface area contributed by atoms with Crippen molar-refractivity contribution in [2.45, 2.75) is 33.1 Å². The van der Waals surface area contributed by atoms with Crippen molar-refractivity contribution in [1.82, 2.24) is 9.44 Å². The van der Waals surface area contributed by atoms with Gasteiger partial charge in [0.2, 0.25) is 0 Å². The van der Waals surface area contributed by atoms with E-state index in [0.717, 1.165) is 12.8 Å². The number of carboxylic acids is 1. The number of rotatable bonds is 7. The Labute approximate surface area is 108 Å². The molecule has 106 valence electrons. The van der Waals surface area contributed by atoms with E-state index in [9.17, 15) is 13.2 Å². The Kier molecular flexibility index (Phi) is 5.55. The summed E-state index contributed by atoms with van der Waals surface area (Å²) in [4.78, 5) is 11.0. The van der Waals surface area contributed by atoms with Crippen molar-refractivity contribution < 1.29 is 18.3 Å². The molecule has 0 aromatic heterocycles. The second-order valence-corrected chi connectivity index (χ2v) is 6.81. The molecule has 0 bridgehead atoms. The van der Waals surface area contributed by atoms with Gasteiger partial charge in [-0.05, 0) is 24.7 Å². The third-order valence-electron chi connectivity index (χ3n) is 3.19. The molecule has 2 unspecified atom stereocenters. The zero-order chi connectivity index (χ0) is 13.8. The van der Waals surface area contributed by atoms with Crippen LogP contribution in [0.2, 0.25) is 0 Å². The Bertz CT molecular complexity index is 381. The highest BCUT2D eigenvalue weighted by Gasteiger charge is 2.33. The summed E-state index contributed by atoms with van der Waals surface area (Å²) >= 11 is 0. The van der Waals surface area contributed by atoms with E-state index in [1.807, 2.05) is 13.8 Å². The number of hydrogen-bond acceptors (Lipinski definition) is 3. The van der Waals surface area contributed by atoms with Gasteiger partial charge in [0.05, 0.1) is 5.92 Å². The van der Waals surface area contributed by atoms with E-state index in [2.05, 4.69) is 9.44 Å². The van der Waals surface area contributed by atoms with Crippen LogP contribution in [0.4, 0.5) is 0 Å². The average Bonchev–Trinajstić information content (AvgIpc) is 2.72. The highest BCUT2D eigenvalue weighted by molar-refractivity contribution is 7.87. The minimum atomic E-state index is -3.51. The number of aliphatic carboxylic acids is 1. The Hall–Kier alpha value is -0.660. The van der Waals surface area contributed by atoms with Gasteiger partial charge in [-0.25, -0.2) is 9.44 Å². The van der Waals surface area contributed by atoms with Gasteiger partial charge in [0, 0.05) is 13.1 Å². The molecule has 1 rings (SSSR count). The smallest absolute Gasteiger partial charge is 0.306 e. The Morgan fingerprint density at radius 2 is 2.00 bits per heavy atom. The third kappa shape index (κ3) is 4.91. The largest absolute Gasteiger partial charge is 0.481 e. The molecule has 0 heterocycles. The van der Waals surface area contributed by atoms with Crippen LogP contribution >= 0.6 is 0 Å². The van der Waals surface area contributed by atoms with Crippen LogP contribution in [0.25, 0.3) is 0 Å². The normalized spacial score (nSPS) is 24.6. The molecule has 0 aromatic carbocycles. The summed E-state index contributed by atoms with van der Waals surface area (Å²) in [6, 6.07) is 0. The molecule has 6 nitrogen and oxygen atoms in total. The molecule has 3 N–H and O–H groups in total. The first-order valence-corrected chi connectivity index (χ1v) is 7.77. The number of carboxylic acid groups (broad SMARTS) is 1. The van der Waals surface area contributed by atoms with Crippen molar-refractivity contribution in [2.75, 3.05) is 13.1 Å². The summed E-state index contributed by atoms with van der Waals surface area (Å²) in [6.07, 6.45) is 2.26. The third-order valence-corrected chi connectivity index (χ3v) is 4.29. The van der Waals surface area contributed by atoms with Gasteiger partial charge in [0.15, 0.2) is 0 Å². The summed E-state index contributed by atoms with van der Waals surface area (Å²) in [5, 5.41) is 9.00. The van der Waals surface area contributed by atoms with Crippen molar-refractivity contribution in [1.29, 1.82) is 0 Å². The molecule has 18 heavy (non-hydrogen) atoms. The van der Waals surface area contributed by atoms with Crippen LogP contribution in [0.5, 0.6) is 0 Å². The first-order valence-electron chi connectivity index (χ1n) is 6.29. The minimum Gasteiger partial charge on any atom is -0.481 e. The fraction of sp³-hybridized carbons (Fsp3) is 0.909. The Balaban J connectivity index is 2.42. The van der Waals surface area contributed by atoms with E-state index in [-0.39, 0.29) is 18.4 Å². The molecule has 0 saturated heterocycles. The van der Waals surface area contributed by atoms with Crippen LogP contribution < -0.4 is 9.44 Å². The van der Waals surface area contributed by atoms with Crippen LogP contribution in [0.3, 0.4) is 0 Å². The fourth-order valence-corrected chi connectivity index (χ4v) is 3.24. The number of carbonyl (C=O) groups is 1. The maximum Gasteiger partial charge on any atom is 0.306 e. The SMILES string of the molecule is CC(C)CNS(=O)(=O)NCC1CCCC1C(=O)O. The van der Waals surface area contributed by atoms with Gasteiger partial charge in [-0.15, -0.1) is 0 Å². The molecule has 0 amide bonds. The second-order valence-electron chi connectivity index (χ2n) is 5.23. The molecule has 0 aromatic rings. The Morgan fingerprint density at radius 1 is 1.33 bits per heavy atom. The van der Waals surface area contributed by atoms with Crippen molar-refractivity contribution in [3.63, 3.8) is 0 Å². The van der Waals surface area contributed by atoms with E-state index < -0.39 is 22.1 Å². The van der Waals surface area contributed by atoms with Gasteiger partial charge in [-0.3, -0.25) is 4.79 Å². The van der Waals surface area contributed by atoms with Crippen molar-refractivity contribution >= 4 is 16.2 Å². The summed E-state index contributed by atoms with van der Waals surface area (Å²) in [5.74, 6) is -1.11. The van der Waals surface area contributed by atoms with Crippen LogP contribution in [-0.4, -0.2) is 32.6 Å². The predicted octanol–water partition coefficient (Wildman–Crippen LogP) is 0.567. The number of hydrogen-bond donors (Lipinski definition) is 3. The molecule has 0 spiro atoms. The van der Waals surface area contributed by atoms with Crippen LogP contribution in [-0.2, 0) is 15.0 Å². The van der Waals surface area contributed by atoms with E-state index in [1.54, 1.807) is 0 Å². The maximum atomic E-state index is 11.6. The zero-order valence-corrected chi connectivity index (χ0v) is 11.7. The van der Waals surface area contributed by atoms with Crippen molar-refractivity contribution in [3.8, 4) is 0 Å². The lowest BCUT2D eigenvalue weighted by Gasteiger charge is -2.17. The van der Waals surface area contributed by atoms with E-state index in [0.29, 0.717) is 13.0 Å². The van der Waals surface area contributed by atoms with Gasteiger partial charge in [-0.2, -0.15) is 8.42 Å². The lowest BCUT2D eigenvalue weighted by molar-refractivity contribution is -0.142. The molecule has 7 heteroatoms. The van der Waals surface area contributed by atoms with Crippen molar-refractivity contribution in [2.24, 2.45) is 17.8 Å². The average molecular weight is 278 g/mol. The van der Waals surface area contributed by atoms with Crippen molar-refractivity contribution in [3.05, 3.63) is 0 Å². The Morgan fingerprint density at radius 3 is 2.56 bits per heavy atom. The maximum absolute atomic E-state index is 11.6. The van der Waals surface area contributed by atoms with Crippen LogP contribution in [0, 0.1) is 17.8 Å². The summed E-state index contributed by atoms with van der Waals surface area (Å²) in [6.45, 7) is 4.41. The fourth-order valence-electron chi connectivity index (χ4n) is 2.15. The minimum absolute atomic E-state index is 0.0990. The molecular weight excluding hydrogens is 256 g/mol. The van der Waals surface area contributed by atoms with Gasteiger partial charge in [0.1, 0.15) is 0 Å². The number of nitrogens with one attached hydrogen (secondary N) is 2. The predicted molar refractivity (Wildman–Crippen MR) is 68.2 cm³/mol. The molecular formula is C11H22N2O4S. The van der Waals surface area contributed by atoms with Crippen LogP contribution in [0.15, 0.2) is 0 Å². The summed E-state index contributed by atoms with van der Waals surface area (Å²) in [7, 11) is -3.51. The van der Waals surface area contributed by atoms with Gasteiger partial charge in [-0.1, -0.05) is 20.3 Å². The highest BCUT2D eigenvalue weighted by Crippen LogP contribution is 2.31. The molecule has 1 saturated carbocycles. The molecule has 0 radical (unpaired) electrons. The summed E-state index contributed by atoms with van der Waals surface area (Å²) in [5.41, 5.74) is 0.